The molecule has 4 rings (SSSR count). The number of nitrogens with one attached hydrogen (secondary N) is 1. The van der Waals surface area contributed by atoms with E-state index in [2.05, 4.69) is 4.72 Å². The minimum absolute atomic E-state index is 0.177. The van der Waals surface area contributed by atoms with E-state index in [-0.39, 0.29) is 35.3 Å². The molecule has 1 heterocycles. The lowest BCUT2D eigenvalue weighted by Gasteiger charge is -2.47. The molecule has 0 bridgehead atoms. The van der Waals surface area contributed by atoms with Gasteiger partial charge in [-0.05, 0) is 56.7 Å². The largest absolute Gasteiger partial charge is 0.327 e. The molecule has 3 amide bonds. The van der Waals surface area contributed by atoms with E-state index in [9.17, 15) is 26.4 Å². The maximum Gasteiger partial charge on any atom is 0.327 e. The number of nitrogens with zero attached hydrogens (tertiary/aromatic N) is 2. The maximum absolute atomic E-state index is 12.9. The molecule has 1 N–H and O–H groups in total. The van der Waals surface area contributed by atoms with E-state index < -0.39 is 37.1 Å². The van der Waals surface area contributed by atoms with Crippen molar-refractivity contribution in [1.82, 2.24) is 14.5 Å². The van der Waals surface area contributed by atoms with Crippen molar-refractivity contribution in [3.63, 3.8) is 0 Å². The molecular weight excluding hydrogens is 454 g/mol. The molecule has 3 atom stereocenters. The number of hydrogen-bond donors (Lipinski definition) is 1. The average Bonchev–Trinajstić information content (AvgIpc) is 3.44. The highest BCUT2D eigenvalue weighted by molar-refractivity contribution is 7.90. The Labute approximate surface area is 189 Å². The maximum atomic E-state index is 12.9. The van der Waals surface area contributed by atoms with E-state index in [4.69, 9.17) is 0 Å². The lowest BCUT2D eigenvalue weighted by atomic mass is 9.80. The van der Waals surface area contributed by atoms with Crippen molar-refractivity contribution in [3.05, 3.63) is 29.8 Å². The van der Waals surface area contributed by atoms with Gasteiger partial charge >= 0.3 is 6.03 Å². The van der Waals surface area contributed by atoms with E-state index in [1.54, 1.807) is 17.0 Å². The second-order valence-electron chi connectivity index (χ2n) is 9.54. The lowest BCUT2D eigenvalue weighted by molar-refractivity contribution is -0.139. The van der Waals surface area contributed by atoms with Crippen LogP contribution in [0.5, 0.6) is 0 Å². The zero-order valence-corrected chi connectivity index (χ0v) is 20.1. The van der Waals surface area contributed by atoms with Crippen molar-refractivity contribution in [2.24, 2.45) is 5.92 Å². The molecule has 1 saturated heterocycles. The number of fused-ring (bicyclic) bond motifs is 1. The van der Waals surface area contributed by atoms with E-state index in [0.29, 0.717) is 12.8 Å². The summed E-state index contributed by atoms with van der Waals surface area (Å²) < 4.78 is 52.0. The fraction of sp³-hybridized carbons (Fsp3) is 0.619. The predicted molar refractivity (Wildman–Crippen MR) is 118 cm³/mol. The van der Waals surface area contributed by atoms with Gasteiger partial charge in [-0.2, -0.15) is 0 Å². The van der Waals surface area contributed by atoms with E-state index >= 15 is 0 Å². The summed E-state index contributed by atoms with van der Waals surface area (Å²) >= 11 is 0. The zero-order valence-electron chi connectivity index (χ0n) is 18.4. The van der Waals surface area contributed by atoms with Crippen LogP contribution < -0.4 is 4.72 Å². The monoisotopic (exact) mass is 483 g/mol. The van der Waals surface area contributed by atoms with Crippen LogP contribution in [0.1, 0.15) is 44.6 Å². The minimum Gasteiger partial charge on any atom is -0.316 e. The van der Waals surface area contributed by atoms with Crippen molar-refractivity contribution in [2.75, 3.05) is 13.3 Å². The Morgan fingerprint density at radius 1 is 1.06 bits per heavy atom. The van der Waals surface area contributed by atoms with Gasteiger partial charge in [-0.3, -0.25) is 9.69 Å². The highest BCUT2D eigenvalue weighted by Crippen LogP contribution is 2.40. The van der Waals surface area contributed by atoms with Crippen molar-refractivity contribution in [1.29, 1.82) is 0 Å². The zero-order chi connectivity index (χ0) is 23.5. The Morgan fingerprint density at radius 3 is 2.25 bits per heavy atom. The molecule has 1 aromatic rings. The van der Waals surface area contributed by atoms with Gasteiger partial charge in [0.15, 0.2) is 9.84 Å². The normalized spacial score (nSPS) is 27.9. The van der Waals surface area contributed by atoms with Gasteiger partial charge in [0.1, 0.15) is 0 Å². The van der Waals surface area contributed by atoms with Crippen LogP contribution in [0.2, 0.25) is 0 Å². The Kier molecular flexibility index (Phi) is 5.66. The number of imide groups is 1. The van der Waals surface area contributed by atoms with Crippen LogP contribution in [0.4, 0.5) is 4.79 Å². The predicted octanol–water partition coefficient (Wildman–Crippen LogP) is 1.49. The number of urea groups is 1. The summed E-state index contributed by atoms with van der Waals surface area (Å²) in [6.07, 6.45) is 3.72. The molecule has 176 valence electrons. The number of sulfone groups is 1. The third-order valence-electron chi connectivity index (χ3n) is 6.88. The second-order valence-corrected chi connectivity index (χ2v) is 13.5. The van der Waals surface area contributed by atoms with Crippen molar-refractivity contribution in [2.45, 2.75) is 67.3 Å². The Bertz CT molecular complexity index is 1140. The molecule has 0 aromatic heterocycles. The van der Waals surface area contributed by atoms with E-state index in [1.807, 2.05) is 6.92 Å². The standard InChI is InChI=1S/C21H29N3O6S2/c1-21(10-11-21)22-32(29,30)16-8-9-18-17(12-16)19(25)23(2)20(26)24(18)13-14-4-6-15(7-5-14)31(3,27)28/h4-7,16-18,22H,8-13H2,1-3H3. The number of rotatable bonds is 6. The SMILES string of the molecule is CN1C(=O)C2CC(S(=O)(=O)NC3(C)CC3)CCC2N(Cc2ccc(S(C)(=O)=O)cc2)C1=O. The molecule has 2 aliphatic carbocycles. The van der Waals surface area contributed by atoms with Gasteiger partial charge in [0.05, 0.1) is 16.1 Å². The Balaban J connectivity index is 1.54. The van der Waals surface area contributed by atoms with Crippen LogP contribution in [0, 0.1) is 5.92 Å². The van der Waals surface area contributed by atoms with E-state index in [1.165, 1.54) is 19.2 Å². The number of benzene rings is 1. The summed E-state index contributed by atoms with van der Waals surface area (Å²) in [5.41, 5.74) is 0.369. The fourth-order valence-electron chi connectivity index (χ4n) is 4.65. The van der Waals surface area contributed by atoms with Crippen LogP contribution in [0.25, 0.3) is 0 Å². The number of amides is 3. The number of carbonyl (C=O) groups is 2. The van der Waals surface area contributed by atoms with Crippen LogP contribution >= 0.6 is 0 Å². The molecule has 0 radical (unpaired) electrons. The molecule has 1 aromatic carbocycles. The highest BCUT2D eigenvalue weighted by Gasteiger charge is 2.51. The Hall–Kier alpha value is -1.98. The van der Waals surface area contributed by atoms with Gasteiger partial charge in [0, 0.05) is 31.4 Å². The summed E-state index contributed by atoms with van der Waals surface area (Å²) in [7, 11) is -5.46. The van der Waals surface area contributed by atoms with Gasteiger partial charge in [0.25, 0.3) is 0 Å². The molecule has 1 aliphatic heterocycles. The van der Waals surface area contributed by atoms with Crippen molar-refractivity contribution >= 4 is 31.8 Å². The van der Waals surface area contributed by atoms with Crippen molar-refractivity contribution < 1.29 is 26.4 Å². The topological polar surface area (TPSA) is 121 Å². The summed E-state index contributed by atoms with van der Waals surface area (Å²) in [6.45, 7) is 2.10. The molecule has 3 fully saturated rings. The summed E-state index contributed by atoms with van der Waals surface area (Å²) in [4.78, 5) is 28.7. The molecule has 9 nitrogen and oxygen atoms in total. The van der Waals surface area contributed by atoms with Gasteiger partial charge < -0.3 is 4.90 Å². The van der Waals surface area contributed by atoms with Gasteiger partial charge in [-0.1, -0.05) is 12.1 Å². The summed E-state index contributed by atoms with van der Waals surface area (Å²) in [5.74, 6) is -0.934. The number of sulfonamides is 1. The van der Waals surface area contributed by atoms with Crippen LogP contribution in [0.15, 0.2) is 29.2 Å². The molecular formula is C21H29N3O6S2. The van der Waals surface area contributed by atoms with Crippen LogP contribution in [-0.2, 0) is 31.2 Å². The van der Waals surface area contributed by atoms with Crippen LogP contribution in [-0.4, -0.2) is 68.7 Å². The third kappa shape index (κ3) is 4.42. The smallest absolute Gasteiger partial charge is 0.316 e. The summed E-state index contributed by atoms with van der Waals surface area (Å²) in [6, 6.07) is 5.51. The molecule has 11 heteroatoms. The van der Waals surface area contributed by atoms with E-state index in [0.717, 1.165) is 29.6 Å². The molecule has 3 aliphatic rings. The number of carbonyl (C=O) groups excluding carboxylic acids is 2. The molecule has 32 heavy (non-hydrogen) atoms. The Morgan fingerprint density at radius 2 is 1.69 bits per heavy atom. The second kappa shape index (κ2) is 7.81. The van der Waals surface area contributed by atoms with Gasteiger partial charge in [0.2, 0.25) is 15.9 Å². The fourth-order valence-corrected chi connectivity index (χ4v) is 7.25. The first-order valence-corrected chi connectivity index (χ1v) is 14.1. The first kappa shape index (κ1) is 23.2. The first-order chi connectivity index (χ1) is 14.8. The first-order valence-electron chi connectivity index (χ1n) is 10.7. The molecule has 3 unspecified atom stereocenters. The molecule has 2 saturated carbocycles. The van der Waals surface area contributed by atoms with Crippen LogP contribution in [0.3, 0.4) is 0 Å². The quantitative estimate of drug-likeness (QED) is 0.654. The lowest BCUT2D eigenvalue weighted by Crippen LogP contribution is -2.62. The average molecular weight is 484 g/mol. The van der Waals surface area contributed by atoms with Gasteiger partial charge in [-0.15, -0.1) is 0 Å². The third-order valence-corrected chi connectivity index (χ3v) is 10.1. The van der Waals surface area contributed by atoms with Crippen molar-refractivity contribution in [3.8, 4) is 0 Å². The summed E-state index contributed by atoms with van der Waals surface area (Å²) in [5, 5.41) is -0.664. The molecule has 0 spiro atoms. The highest BCUT2D eigenvalue weighted by atomic mass is 32.2. The van der Waals surface area contributed by atoms with Gasteiger partial charge in [-0.25, -0.2) is 26.4 Å². The minimum atomic E-state index is -3.56. The number of hydrogen-bond acceptors (Lipinski definition) is 6.